The average molecular weight is 477 g/mol. The van der Waals surface area contributed by atoms with Gasteiger partial charge in [-0.2, -0.15) is 5.10 Å². The number of rotatable bonds is 7. The predicted molar refractivity (Wildman–Crippen MR) is 131 cm³/mol. The largest absolute Gasteiger partial charge is 0.391 e. The monoisotopic (exact) mass is 476 g/mol. The van der Waals surface area contributed by atoms with Crippen LogP contribution in [0, 0.1) is 11.6 Å². The second kappa shape index (κ2) is 9.19. The number of allylic oxidation sites excluding steroid dienone is 3. The molecule has 0 spiro atoms. The van der Waals surface area contributed by atoms with E-state index in [1.165, 1.54) is 29.5 Å². The van der Waals surface area contributed by atoms with Gasteiger partial charge in [-0.15, -0.1) is 11.3 Å². The summed E-state index contributed by atoms with van der Waals surface area (Å²) in [7, 11) is 4.68. The van der Waals surface area contributed by atoms with Crippen molar-refractivity contribution in [2.75, 3.05) is 33.5 Å². The maximum atomic E-state index is 14.3. The number of thiophene rings is 1. The zero-order valence-corrected chi connectivity index (χ0v) is 19.8. The molecule has 0 saturated carbocycles. The maximum Gasteiger partial charge on any atom is 0.208 e. The highest BCUT2D eigenvalue weighted by molar-refractivity contribution is 8.22. The van der Waals surface area contributed by atoms with E-state index in [1.807, 2.05) is 38.4 Å². The summed E-state index contributed by atoms with van der Waals surface area (Å²) >= 11 is 1.43. The maximum absolute atomic E-state index is 14.3. The molecular formula is C23H26F2N4OS2. The third kappa shape index (κ3) is 4.52. The molecule has 5 nitrogen and oxygen atoms in total. The number of halogens is 2. The number of nitrogens with two attached hydrogens (primary N) is 1. The van der Waals surface area contributed by atoms with Crippen molar-refractivity contribution in [1.29, 1.82) is 0 Å². The summed E-state index contributed by atoms with van der Waals surface area (Å²) in [6.07, 6.45) is 5.91. The smallest absolute Gasteiger partial charge is 0.208 e. The van der Waals surface area contributed by atoms with Gasteiger partial charge in [-0.1, -0.05) is 6.07 Å². The lowest BCUT2D eigenvalue weighted by molar-refractivity contribution is 0.00123. The van der Waals surface area contributed by atoms with Gasteiger partial charge < -0.3 is 15.4 Å². The standard InChI is InChI=1S/C23H26F2N4OS2/c1-29(2)12-16-11-15(13-32(16)14-17-18(24)5-4-6-19(17)25)20-9-10-23(30-3,28-27-20)21-7-8-22(26)31-21/h4-11,13,28,32H,12,14,26H2,1-3H3. The molecule has 2 aromatic rings. The van der Waals surface area contributed by atoms with Gasteiger partial charge in [-0.05, 0) is 66.9 Å². The molecular weight excluding hydrogens is 450 g/mol. The van der Waals surface area contributed by atoms with Crippen molar-refractivity contribution in [3.63, 3.8) is 0 Å². The Morgan fingerprint density at radius 1 is 1.22 bits per heavy atom. The number of hydrazone groups is 1. The van der Waals surface area contributed by atoms with Crippen molar-refractivity contribution < 1.29 is 13.5 Å². The van der Waals surface area contributed by atoms with Crippen molar-refractivity contribution >= 4 is 32.9 Å². The summed E-state index contributed by atoms with van der Waals surface area (Å²) in [5.74, 6) is -0.691. The molecule has 0 bridgehead atoms. The van der Waals surface area contributed by atoms with Gasteiger partial charge in [0.05, 0.1) is 15.6 Å². The van der Waals surface area contributed by atoms with Crippen molar-refractivity contribution in [3.8, 4) is 0 Å². The van der Waals surface area contributed by atoms with E-state index < -0.39 is 28.3 Å². The summed E-state index contributed by atoms with van der Waals surface area (Å²) in [5.41, 5.74) is 9.94. The molecule has 9 heteroatoms. The number of thiol groups is 1. The third-order valence-electron chi connectivity index (χ3n) is 5.28. The van der Waals surface area contributed by atoms with Crippen LogP contribution in [0.4, 0.5) is 13.8 Å². The van der Waals surface area contributed by atoms with E-state index in [0.717, 1.165) is 21.1 Å². The Balaban J connectivity index is 1.60. The van der Waals surface area contributed by atoms with Gasteiger partial charge in [-0.3, -0.25) is 5.43 Å². The summed E-state index contributed by atoms with van der Waals surface area (Å²) in [6, 6.07) is 7.75. The second-order valence-electron chi connectivity index (χ2n) is 7.87. The summed E-state index contributed by atoms with van der Waals surface area (Å²) < 4.78 is 34.3. The summed E-state index contributed by atoms with van der Waals surface area (Å²) in [6.45, 7) is 0.711. The number of ether oxygens (including phenoxy) is 1. The summed E-state index contributed by atoms with van der Waals surface area (Å²) in [4.78, 5) is 4.11. The molecule has 2 aliphatic heterocycles. The molecule has 0 amide bonds. The molecule has 0 radical (unpaired) electrons. The number of anilines is 1. The predicted octanol–water partition coefficient (Wildman–Crippen LogP) is 4.47. The quantitative estimate of drug-likeness (QED) is 0.516. The molecule has 1 aromatic carbocycles. The number of methoxy groups -OCH3 is 1. The van der Waals surface area contributed by atoms with Crippen LogP contribution in [0.15, 0.2) is 69.5 Å². The van der Waals surface area contributed by atoms with Crippen LogP contribution in [0.3, 0.4) is 0 Å². The lowest BCUT2D eigenvalue weighted by Crippen LogP contribution is -2.41. The Labute approximate surface area is 193 Å². The van der Waals surface area contributed by atoms with Gasteiger partial charge >= 0.3 is 0 Å². The number of benzene rings is 1. The minimum Gasteiger partial charge on any atom is -0.391 e. The zero-order chi connectivity index (χ0) is 22.9. The number of hydrogen-bond acceptors (Lipinski definition) is 6. The van der Waals surface area contributed by atoms with Crippen molar-refractivity contribution in [3.05, 3.63) is 86.5 Å². The van der Waals surface area contributed by atoms with Gasteiger partial charge in [0.25, 0.3) is 0 Å². The lowest BCUT2D eigenvalue weighted by Gasteiger charge is -2.30. The van der Waals surface area contributed by atoms with Crippen LogP contribution in [-0.4, -0.2) is 38.4 Å². The Morgan fingerprint density at radius 3 is 2.53 bits per heavy atom. The highest BCUT2D eigenvalue weighted by Crippen LogP contribution is 2.48. The SMILES string of the molecule is COC1(c2ccc(N)s2)C=CC(C2=C[SH](Cc3c(F)cccc3F)C(CN(C)C)=C2)=NN1. The van der Waals surface area contributed by atoms with Gasteiger partial charge in [-0.25, -0.2) is 19.7 Å². The van der Waals surface area contributed by atoms with Crippen LogP contribution in [0.2, 0.25) is 0 Å². The molecule has 0 saturated heterocycles. The van der Waals surface area contributed by atoms with Crippen LogP contribution < -0.4 is 11.2 Å². The van der Waals surface area contributed by atoms with Gasteiger partial charge in [0.1, 0.15) is 11.6 Å². The number of likely N-dealkylation sites (N-methyl/N-ethyl adjacent to an activating group) is 1. The van der Waals surface area contributed by atoms with Crippen molar-refractivity contribution in [2.24, 2.45) is 5.10 Å². The number of nitrogen functional groups attached to an aromatic ring is 1. The van der Waals surface area contributed by atoms with Crippen molar-refractivity contribution in [1.82, 2.24) is 10.3 Å². The van der Waals surface area contributed by atoms with E-state index in [2.05, 4.69) is 26.9 Å². The van der Waals surface area contributed by atoms with E-state index in [-0.39, 0.29) is 5.56 Å². The first-order chi connectivity index (χ1) is 15.3. The lowest BCUT2D eigenvalue weighted by atomic mass is 10.1. The summed E-state index contributed by atoms with van der Waals surface area (Å²) in [5, 5.41) is 7.36. The van der Waals surface area contributed by atoms with E-state index in [1.54, 1.807) is 7.11 Å². The first-order valence-corrected chi connectivity index (χ1v) is 12.4. The van der Waals surface area contributed by atoms with Gasteiger partial charge in [0.2, 0.25) is 5.72 Å². The van der Waals surface area contributed by atoms with Crippen LogP contribution in [-0.2, 0) is 16.2 Å². The second-order valence-corrected chi connectivity index (χ2v) is 11.1. The first-order valence-electron chi connectivity index (χ1n) is 10.0. The Morgan fingerprint density at radius 2 is 1.97 bits per heavy atom. The van der Waals surface area contributed by atoms with Crippen LogP contribution >= 0.6 is 22.2 Å². The molecule has 0 aliphatic carbocycles. The highest BCUT2D eigenvalue weighted by Gasteiger charge is 2.33. The molecule has 0 fully saturated rings. The fourth-order valence-electron chi connectivity index (χ4n) is 3.63. The van der Waals surface area contributed by atoms with Crippen LogP contribution in [0.25, 0.3) is 0 Å². The van der Waals surface area contributed by atoms with E-state index >= 15 is 0 Å². The third-order valence-corrected chi connectivity index (χ3v) is 8.57. The fraction of sp³-hybridized carbons (Fsp3) is 0.261. The van der Waals surface area contributed by atoms with Gasteiger partial charge in [0.15, 0.2) is 0 Å². The average Bonchev–Trinajstić information content (AvgIpc) is 3.37. The molecule has 2 aliphatic rings. The molecule has 4 rings (SSSR count). The van der Waals surface area contributed by atoms with E-state index in [0.29, 0.717) is 17.3 Å². The number of nitrogens with one attached hydrogen (secondary N) is 1. The molecule has 1 aromatic heterocycles. The molecule has 3 N–H and O–H groups in total. The molecule has 2 unspecified atom stereocenters. The van der Waals surface area contributed by atoms with E-state index in [4.69, 9.17) is 10.5 Å². The number of nitrogens with zero attached hydrogens (tertiary/aromatic N) is 2. The zero-order valence-electron chi connectivity index (χ0n) is 18.1. The first kappa shape index (κ1) is 22.7. The minimum atomic E-state index is -0.893. The Bertz CT molecular complexity index is 1120. The topological polar surface area (TPSA) is 62.9 Å². The number of hydrogen-bond donors (Lipinski definition) is 3. The van der Waals surface area contributed by atoms with Crippen LogP contribution in [0.5, 0.6) is 0 Å². The minimum absolute atomic E-state index is 0.133. The van der Waals surface area contributed by atoms with E-state index in [9.17, 15) is 8.78 Å². The fourth-order valence-corrected chi connectivity index (χ4v) is 6.92. The normalized spacial score (nSPS) is 23.7. The highest BCUT2D eigenvalue weighted by atomic mass is 32.2. The molecule has 170 valence electrons. The Hall–Kier alpha value is -2.46. The van der Waals surface area contributed by atoms with Gasteiger partial charge in [0, 0.05) is 30.5 Å². The van der Waals surface area contributed by atoms with Crippen LogP contribution in [0.1, 0.15) is 10.4 Å². The molecule has 3 heterocycles. The van der Waals surface area contributed by atoms with Crippen molar-refractivity contribution in [2.45, 2.75) is 11.5 Å². The molecule has 2 atom stereocenters. The molecule has 32 heavy (non-hydrogen) atoms. The Kier molecular flexibility index (Phi) is 6.52.